The third-order valence-corrected chi connectivity index (χ3v) is 9.73. The standard InChI is InChI=1S/C34H32FN7O3S2/c1-4-41(3)17-7-10-22-15-16-26(24(35)20-22)45-19-9-14-28-29(32(43)44)37-34(47-28)42-18-8-11-23-21(2)30(39-40-31(23)42)38-33-36-25-12-5-6-13-27(25)46-33/h4-6,12-13,15-16,20H,1,8-9,11,14,17-19H2,2-3H3,(H,43,44)(H,36,38,39). The lowest BCUT2D eigenvalue weighted by Crippen LogP contribution is -2.27. The quantitative estimate of drug-likeness (QED) is 0.113. The Balaban J connectivity index is 1.12. The number of anilines is 4. The van der Waals surface area contributed by atoms with E-state index in [9.17, 15) is 14.3 Å². The van der Waals surface area contributed by atoms with Gasteiger partial charge in [0, 0.05) is 35.2 Å². The van der Waals surface area contributed by atoms with Gasteiger partial charge in [0.1, 0.15) is 0 Å². The van der Waals surface area contributed by atoms with Crippen LogP contribution in [0.4, 0.5) is 26.3 Å². The van der Waals surface area contributed by atoms with Crippen LogP contribution in [0.2, 0.25) is 0 Å². The fraction of sp³-hybridized carbons (Fsp3) is 0.265. The Morgan fingerprint density at radius 1 is 1.23 bits per heavy atom. The predicted molar refractivity (Wildman–Crippen MR) is 184 cm³/mol. The summed E-state index contributed by atoms with van der Waals surface area (Å²) in [5.41, 5.74) is 3.49. The number of nitrogens with one attached hydrogen (secondary N) is 1. The maximum atomic E-state index is 14.6. The monoisotopic (exact) mass is 669 g/mol. The molecule has 240 valence electrons. The molecule has 2 N–H and O–H groups in total. The number of halogens is 1. The van der Waals surface area contributed by atoms with Gasteiger partial charge < -0.3 is 25.0 Å². The lowest BCUT2D eigenvalue weighted by Gasteiger charge is -2.28. The topological polar surface area (TPSA) is 117 Å². The average Bonchev–Trinajstić information content (AvgIpc) is 3.69. The van der Waals surface area contributed by atoms with Gasteiger partial charge >= 0.3 is 5.97 Å². The lowest BCUT2D eigenvalue weighted by atomic mass is 10.0. The Kier molecular flexibility index (Phi) is 9.60. The van der Waals surface area contributed by atoms with Crippen LogP contribution in [-0.4, -0.2) is 62.9 Å². The van der Waals surface area contributed by atoms with Crippen molar-refractivity contribution in [2.45, 2.75) is 32.6 Å². The second kappa shape index (κ2) is 14.1. The van der Waals surface area contributed by atoms with Crippen molar-refractivity contribution >= 4 is 60.8 Å². The molecule has 0 saturated carbocycles. The van der Waals surface area contributed by atoms with Gasteiger partial charge in [-0.2, -0.15) is 0 Å². The number of ether oxygens (including phenoxy) is 1. The number of hydrogen-bond acceptors (Lipinski definition) is 11. The van der Waals surface area contributed by atoms with Crippen molar-refractivity contribution in [3.63, 3.8) is 0 Å². The minimum absolute atomic E-state index is 0.00661. The first kappa shape index (κ1) is 31.9. The van der Waals surface area contributed by atoms with Crippen LogP contribution in [0.25, 0.3) is 10.2 Å². The summed E-state index contributed by atoms with van der Waals surface area (Å²) in [6.07, 6.45) is 4.23. The summed E-state index contributed by atoms with van der Waals surface area (Å²) in [4.78, 5) is 25.7. The Morgan fingerprint density at radius 3 is 2.87 bits per heavy atom. The van der Waals surface area contributed by atoms with Crippen molar-refractivity contribution in [3.05, 3.63) is 88.3 Å². The van der Waals surface area contributed by atoms with Gasteiger partial charge in [-0.15, -0.1) is 21.5 Å². The van der Waals surface area contributed by atoms with Gasteiger partial charge in [-0.1, -0.05) is 41.9 Å². The number of aryl methyl sites for hydroxylation is 1. The molecule has 10 nitrogen and oxygen atoms in total. The molecule has 0 amide bonds. The number of para-hydroxylation sites is 1. The number of carboxylic acids is 1. The van der Waals surface area contributed by atoms with Gasteiger partial charge in [-0.25, -0.2) is 19.2 Å². The molecule has 6 rings (SSSR count). The van der Waals surface area contributed by atoms with Crippen molar-refractivity contribution in [3.8, 4) is 17.6 Å². The Labute approximate surface area is 279 Å². The molecule has 3 aromatic heterocycles. The molecule has 0 saturated heterocycles. The van der Waals surface area contributed by atoms with Gasteiger partial charge in [0.25, 0.3) is 0 Å². The van der Waals surface area contributed by atoms with E-state index >= 15 is 0 Å². The van der Waals surface area contributed by atoms with Gasteiger partial charge in [0.2, 0.25) is 0 Å². The summed E-state index contributed by atoms with van der Waals surface area (Å²) in [6.45, 7) is 7.02. The number of benzene rings is 2. The van der Waals surface area contributed by atoms with Crippen LogP contribution in [0.15, 0.2) is 55.2 Å². The molecule has 0 radical (unpaired) electrons. The third-order valence-electron chi connectivity index (χ3n) is 7.64. The average molecular weight is 670 g/mol. The second-order valence-electron chi connectivity index (χ2n) is 10.9. The van der Waals surface area contributed by atoms with Gasteiger partial charge in [-0.05, 0) is 69.1 Å². The Morgan fingerprint density at radius 2 is 2.09 bits per heavy atom. The number of rotatable bonds is 11. The van der Waals surface area contributed by atoms with E-state index in [2.05, 4.69) is 43.9 Å². The van der Waals surface area contributed by atoms with E-state index < -0.39 is 11.8 Å². The van der Waals surface area contributed by atoms with E-state index in [1.54, 1.807) is 29.7 Å². The molecular formula is C34H32FN7O3S2. The normalized spacial score (nSPS) is 12.3. The molecule has 0 fully saturated rings. The smallest absolute Gasteiger partial charge is 0.355 e. The number of aromatic carboxylic acids is 1. The number of carboxylic acid groups (broad SMARTS) is 1. The fourth-order valence-electron chi connectivity index (χ4n) is 5.14. The van der Waals surface area contributed by atoms with Crippen LogP contribution in [0, 0.1) is 24.6 Å². The summed E-state index contributed by atoms with van der Waals surface area (Å²) >= 11 is 2.88. The van der Waals surface area contributed by atoms with Gasteiger partial charge in [0.05, 0.1) is 23.4 Å². The molecule has 2 aromatic carbocycles. The SMILES string of the molecule is C=CN(C)CC#Cc1ccc(OCCCc2sc(N3CCCc4c3nnc(Nc3nc5ccccc5s3)c4C)nc2C(=O)O)c(F)c1. The molecule has 0 bridgehead atoms. The van der Waals surface area contributed by atoms with Crippen LogP contribution in [-0.2, 0) is 12.8 Å². The van der Waals surface area contributed by atoms with Crippen molar-refractivity contribution in [2.75, 3.05) is 37.0 Å². The summed E-state index contributed by atoms with van der Waals surface area (Å²) in [5, 5.41) is 23.6. The number of aromatic nitrogens is 4. The molecule has 0 aliphatic carbocycles. The van der Waals surface area contributed by atoms with Crippen LogP contribution >= 0.6 is 22.7 Å². The zero-order valence-electron chi connectivity index (χ0n) is 25.9. The van der Waals surface area contributed by atoms with Gasteiger partial charge in [0.15, 0.2) is 39.2 Å². The van der Waals surface area contributed by atoms with Gasteiger partial charge in [-0.3, -0.25) is 0 Å². The number of carbonyl (C=O) groups is 1. The number of fused-ring (bicyclic) bond motifs is 2. The summed E-state index contributed by atoms with van der Waals surface area (Å²) in [6, 6.07) is 12.6. The summed E-state index contributed by atoms with van der Waals surface area (Å²) < 4.78 is 21.4. The van der Waals surface area contributed by atoms with Crippen molar-refractivity contribution in [1.82, 2.24) is 25.1 Å². The molecule has 13 heteroatoms. The molecule has 1 aliphatic heterocycles. The molecule has 0 unspecified atom stereocenters. The highest BCUT2D eigenvalue weighted by molar-refractivity contribution is 7.22. The van der Waals surface area contributed by atoms with Crippen molar-refractivity contribution in [1.29, 1.82) is 0 Å². The number of thiazole rings is 2. The van der Waals surface area contributed by atoms with Crippen LogP contribution in [0.5, 0.6) is 5.75 Å². The highest BCUT2D eigenvalue weighted by Gasteiger charge is 2.28. The zero-order valence-corrected chi connectivity index (χ0v) is 27.6. The van der Waals surface area contributed by atoms with Crippen molar-refractivity contribution < 1.29 is 19.0 Å². The van der Waals surface area contributed by atoms with Crippen LogP contribution in [0.1, 0.15) is 44.9 Å². The Bertz CT molecular complexity index is 1980. The highest BCUT2D eigenvalue weighted by atomic mass is 32.1. The largest absolute Gasteiger partial charge is 0.491 e. The molecular weight excluding hydrogens is 638 g/mol. The molecule has 0 atom stereocenters. The van der Waals surface area contributed by atoms with Crippen LogP contribution in [0.3, 0.4) is 0 Å². The van der Waals surface area contributed by atoms with E-state index in [0.717, 1.165) is 39.3 Å². The van der Waals surface area contributed by atoms with E-state index in [0.29, 0.717) is 53.1 Å². The van der Waals surface area contributed by atoms with E-state index in [1.807, 2.05) is 48.0 Å². The first-order valence-electron chi connectivity index (χ1n) is 15.0. The minimum atomic E-state index is -1.10. The maximum Gasteiger partial charge on any atom is 0.355 e. The second-order valence-corrected chi connectivity index (χ2v) is 13.0. The highest BCUT2D eigenvalue weighted by Crippen LogP contribution is 2.39. The maximum absolute atomic E-state index is 14.6. The van der Waals surface area contributed by atoms with Crippen molar-refractivity contribution in [2.24, 2.45) is 0 Å². The summed E-state index contributed by atoms with van der Waals surface area (Å²) in [7, 11) is 1.86. The summed E-state index contributed by atoms with van der Waals surface area (Å²) in [5.74, 6) is 5.74. The molecule has 5 aromatic rings. The first-order valence-corrected chi connectivity index (χ1v) is 16.7. The lowest BCUT2D eigenvalue weighted by molar-refractivity contribution is 0.0690. The van der Waals surface area contributed by atoms with Crippen LogP contribution < -0.4 is 15.0 Å². The minimum Gasteiger partial charge on any atom is -0.491 e. The third kappa shape index (κ3) is 7.19. The fourth-order valence-corrected chi connectivity index (χ4v) is 7.13. The predicted octanol–water partition coefficient (Wildman–Crippen LogP) is 6.95. The molecule has 0 spiro atoms. The first-order chi connectivity index (χ1) is 22.8. The number of hydrogen-bond donors (Lipinski definition) is 2. The molecule has 47 heavy (non-hydrogen) atoms. The number of nitrogens with zero attached hydrogens (tertiary/aromatic N) is 6. The zero-order chi connectivity index (χ0) is 32.9. The van der Waals surface area contributed by atoms with E-state index in [-0.39, 0.29) is 18.1 Å². The van der Waals surface area contributed by atoms with E-state index in [4.69, 9.17) is 4.74 Å². The molecule has 4 heterocycles. The molecule has 1 aliphatic rings. The van der Waals surface area contributed by atoms with E-state index in [1.165, 1.54) is 17.4 Å². The Hall–Kier alpha value is -5.06.